The molecule has 1 aliphatic heterocycles. The lowest BCUT2D eigenvalue weighted by molar-refractivity contribution is -0.384. The summed E-state index contributed by atoms with van der Waals surface area (Å²) in [5.41, 5.74) is -0.132. The van der Waals surface area contributed by atoms with E-state index in [2.05, 4.69) is 0 Å². The van der Waals surface area contributed by atoms with Crippen LogP contribution in [0, 0.1) is 21.7 Å². The number of rotatable bonds is 4. The highest BCUT2D eigenvalue weighted by molar-refractivity contribution is 7.89. The molecule has 1 fully saturated rings. The van der Waals surface area contributed by atoms with E-state index >= 15 is 0 Å². The Kier molecular flexibility index (Phi) is 5.38. The maximum absolute atomic E-state index is 13.9. The Bertz CT molecular complexity index is 1020. The molecule has 0 atom stereocenters. The summed E-state index contributed by atoms with van der Waals surface area (Å²) >= 11 is 0. The number of halogens is 2. The van der Waals surface area contributed by atoms with E-state index in [9.17, 15) is 32.1 Å². The molecule has 0 saturated carbocycles. The largest absolute Gasteiger partial charge is 0.336 e. The molecule has 2 aromatic carbocycles. The number of nitro benzene ring substituents is 1. The summed E-state index contributed by atoms with van der Waals surface area (Å²) in [5, 5.41) is 10.8. The fraction of sp³-hybridized carbons (Fsp3) is 0.235. The molecule has 0 spiro atoms. The third kappa shape index (κ3) is 3.71. The van der Waals surface area contributed by atoms with Crippen molar-refractivity contribution in [3.8, 4) is 0 Å². The number of amides is 1. The van der Waals surface area contributed by atoms with Gasteiger partial charge in [0.25, 0.3) is 11.6 Å². The molecule has 1 saturated heterocycles. The number of nitrogens with zero attached hydrogens (tertiary/aromatic N) is 3. The minimum atomic E-state index is -4.40. The summed E-state index contributed by atoms with van der Waals surface area (Å²) < 4.78 is 53.8. The number of nitro groups is 1. The first-order valence-corrected chi connectivity index (χ1v) is 9.63. The van der Waals surface area contributed by atoms with Crippen LogP contribution in [0.2, 0.25) is 0 Å². The van der Waals surface area contributed by atoms with Gasteiger partial charge in [-0.25, -0.2) is 17.2 Å². The van der Waals surface area contributed by atoms with Gasteiger partial charge in [0.15, 0.2) is 4.90 Å². The Morgan fingerprint density at radius 3 is 2.14 bits per heavy atom. The van der Waals surface area contributed by atoms with Gasteiger partial charge in [-0.1, -0.05) is 12.1 Å². The van der Waals surface area contributed by atoms with Gasteiger partial charge in [-0.2, -0.15) is 4.31 Å². The number of benzene rings is 2. The van der Waals surface area contributed by atoms with Crippen molar-refractivity contribution in [3.05, 3.63) is 69.8 Å². The van der Waals surface area contributed by atoms with E-state index in [4.69, 9.17) is 0 Å². The van der Waals surface area contributed by atoms with E-state index in [1.807, 2.05) is 0 Å². The van der Waals surface area contributed by atoms with Gasteiger partial charge >= 0.3 is 0 Å². The SMILES string of the molecule is O=C(c1cccc([N+](=O)[O-])c1)N1CCN(S(=O)(=O)c2c(F)cccc2F)CC1. The summed E-state index contributed by atoms with van der Waals surface area (Å²) in [6.45, 7) is -0.346. The summed E-state index contributed by atoms with van der Waals surface area (Å²) in [4.78, 5) is 23.1. The molecule has 2 aromatic rings. The van der Waals surface area contributed by atoms with Crippen molar-refractivity contribution in [2.24, 2.45) is 0 Å². The molecule has 8 nitrogen and oxygen atoms in total. The first-order chi connectivity index (χ1) is 13.2. The van der Waals surface area contributed by atoms with Crippen LogP contribution in [0.4, 0.5) is 14.5 Å². The van der Waals surface area contributed by atoms with Crippen LogP contribution in [0.25, 0.3) is 0 Å². The zero-order valence-electron chi connectivity index (χ0n) is 14.4. The van der Waals surface area contributed by atoms with Crippen LogP contribution in [0.3, 0.4) is 0 Å². The second-order valence-corrected chi connectivity index (χ2v) is 7.93. The monoisotopic (exact) mass is 411 g/mol. The van der Waals surface area contributed by atoms with Crippen LogP contribution in [0.5, 0.6) is 0 Å². The molecule has 0 aliphatic carbocycles. The molecule has 1 heterocycles. The van der Waals surface area contributed by atoms with Crippen LogP contribution in [-0.4, -0.2) is 54.6 Å². The Hall–Kier alpha value is -2.92. The van der Waals surface area contributed by atoms with E-state index in [1.54, 1.807) is 0 Å². The van der Waals surface area contributed by atoms with E-state index in [1.165, 1.54) is 23.1 Å². The number of hydrogen-bond donors (Lipinski definition) is 0. The second-order valence-electron chi connectivity index (χ2n) is 6.05. The topological polar surface area (TPSA) is 101 Å². The number of piperazine rings is 1. The normalized spacial score (nSPS) is 15.4. The van der Waals surface area contributed by atoms with Crippen molar-refractivity contribution in [2.45, 2.75) is 4.90 Å². The number of carbonyl (C=O) groups excluding carboxylic acids is 1. The van der Waals surface area contributed by atoms with Gasteiger partial charge in [0.1, 0.15) is 11.6 Å². The highest BCUT2D eigenvalue weighted by atomic mass is 32.2. The fourth-order valence-corrected chi connectivity index (χ4v) is 4.46. The zero-order chi connectivity index (χ0) is 20.5. The third-order valence-corrected chi connectivity index (χ3v) is 6.30. The molecule has 0 bridgehead atoms. The summed E-state index contributed by atoms with van der Waals surface area (Å²) in [7, 11) is -4.40. The van der Waals surface area contributed by atoms with E-state index in [0.717, 1.165) is 28.6 Å². The minimum Gasteiger partial charge on any atom is -0.336 e. The third-order valence-electron chi connectivity index (χ3n) is 4.35. The number of sulfonamides is 1. The standard InChI is InChI=1S/C17H15F2N3O5S/c18-14-5-2-6-15(19)16(14)28(26,27)21-9-7-20(8-10-21)17(23)12-3-1-4-13(11-12)22(24)25/h1-6,11H,7-10H2. The van der Waals surface area contributed by atoms with Crippen LogP contribution >= 0.6 is 0 Å². The lowest BCUT2D eigenvalue weighted by atomic mass is 10.1. The van der Waals surface area contributed by atoms with E-state index in [0.29, 0.717) is 0 Å². The quantitative estimate of drug-likeness (QED) is 0.566. The van der Waals surface area contributed by atoms with Gasteiger partial charge < -0.3 is 4.90 Å². The van der Waals surface area contributed by atoms with Gasteiger partial charge in [0.2, 0.25) is 10.0 Å². The van der Waals surface area contributed by atoms with Crippen LogP contribution in [0.1, 0.15) is 10.4 Å². The fourth-order valence-electron chi connectivity index (χ4n) is 2.92. The average molecular weight is 411 g/mol. The minimum absolute atomic E-state index is 0.0170. The van der Waals surface area contributed by atoms with Gasteiger partial charge in [-0.3, -0.25) is 14.9 Å². The lowest BCUT2D eigenvalue weighted by Crippen LogP contribution is -2.50. The molecule has 148 valence electrons. The average Bonchev–Trinajstić information content (AvgIpc) is 2.67. The number of non-ortho nitro benzene ring substituents is 1. The van der Waals surface area contributed by atoms with Crippen LogP contribution < -0.4 is 0 Å². The van der Waals surface area contributed by atoms with Crippen molar-refractivity contribution in [3.63, 3.8) is 0 Å². The van der Waals surface area contributed by atoms with Gasteiger partial charge in [0, 0.05) is 43.9 Å². The first kappa shape index (κ1) is 19.8. The Morgan fingerprint density at radius 1 is 1.00 bits per heavy atom. The van der Waals surface area contributed by atoms with Crippen LogP contribution in [-0.2, 0) is 10.0 Å². The first-order valence-electron chi connectivity index (χ1n) is 8.19. The molecule has 28 heavy (non-hydrogen) atoms. The maximum atomic E-state index is 13.9. The van der Waals surface area contributed by atoms with Gasteiger partial charge in [0.05, 0.1) is 4.92 Å². The van der Waals surface area contributed by atoms with Gasteiger partial charge in [-0.05, 0) is 18.2 Å². The predicted octanol–water partition coefficient (Wildman–Crippen LogP) is 2.02. The lowest BCUT2D eigenvalue weighted by Gasteiger charge is -2.34. The maximum Gasteiger partial charge on any atom is 0.270 e. The van der Waals surface area contributed by atoms with E-state index < -0.39 is 37.4 Å². The predicted molar refractivity (Wildman–Crippen MR) is 94.1 cm³/mol. The molecular formula is C17H15F2N3O5S. The highest BCUT2D eigenvalue weighted by Gasteiger charge is 2.34. The molecular weight excluding hydrogens is 396 g/mol. The summed E-state index contributed by atoms with van der Waals surface area (Å²) in [6.07, 6.45) is 0. The molecule has 1 amide bonds. The Balaban J connectivity index is 1.75. The summed E-state index contributed by atoms with van der Waals surface area (Å²) in [5.74, 6) is -2.86. The molecule has 0 aromatic heterocycles. The van der Waals surface area contributed by atoms with E-state index in [-0.39, 0.29) is 37.4 Å². The number of hydrogen-bond acceptors (Lipinski definition) is 5. The summed E-state index contributed by atoms with van der Waals surface area (Å²) in [6, 6.07) is 7.99. The Morgan fingerprint density at radius 2 is 1.57 bits per heavy atom. The van der Waals surface area contributed by atoms with Crippen molar-refractivity contribution >= 4 is 21.6 Å². The van der Waals surface area contributed by atoms with Crippen molar-refractivity contribution in [2.75, 3.05) is 26.2 Å². The molecule has 0 unspecified atom stereocenters. The van der Waals surface area contributed by atoms with Crippen molar-refractivity contribution in [1.82, 2.24) is 9.21 Å². The van der Waals surface area contributed by atoms with Crippen molar-refractivity contribution < 1.29 is 26.9 Å². The number of carbonyl (C=O) groups is 1. The smallest absolute Gasteiger partial charge is 0.270 e. The van der Waals surface area contributed by atoms with Crippen LogP contribution in [0.15, 0.2) is 47.4 Å². The molecule has 0 radical (unpaired) electrons. The van der Waals surface area contributed by atoms with Crippen molar-refractivity contribution in [1.29, 1.82) is 0 Å². The Labute approximate surface area is 159 Å². The molecule has 11 heteroatoms. The van der Waals surface area contributed by atoms with Gasteiger partial charge in [-0.15, -0.1) is 0 Å². The molecule has 3 rings (SSSR count). The molecule has 1 aliphatic rings. The zero-order valence-corrected chi connectivity index (χ0v) is 15.2. The molecule has 0 N–H and O–H groups in total. The second kappa shape index (κ2) is 7.60. The highest BCUT2D eigenvalue weighted by Crippen LogP contribution is 2.24.